The first kappa shape index (κ1) is 15.9. The summed E-state index contributed by atoms with van der Waals surface area (Å²) in [6, 6.07) is 0. The molecule has 1 aliphatic rings. The Labute approximate surface area is 111 Å². The zero-order chi connectivity index (χ0) is 13.4. The number of nitrogens with zero attached hydrogens (tertiary/aromatic N) is 1. The van der Waals surface area contributed by atoms with E-state index < -0.39 is 10.0 Å². The van der Waals surface area contributed by atoms with Crippen LogP contribution in [0.5, 0.6) is 0 Å². The maximum atomic E-state index is 11.2. The number of sulfonamides is 1. The molecule has 1 heterocycles. The van der Waals surface area contributed by atoms with Gasteiger partial charge in [0, 0.05) is 19.7 Å². The predicted octanol–water partition coefficient (Wildman–Crippen LogP) is 0.410. The summed E-state index contributed by atoms with van der Waals surface area (Å²) in [4.78, 5) is 2.34. The van der Waals surface area contributed by atoms with Crippen molar-refractivity contribution in [1.82, 2.24) is 9.62 Å². The third-order valence-electron chi connectivity index (χ3n) is 3.46. The zero-order valence-electron chi connectivity index (χ0n) is 11.3. The highest BCUT2D eigenvalue weighted by Gasteiger charge is 2.17. The molecule has 0 spiro atoms. The highest BCUT2D eigenvalue weighted by Crippen LogP contribution is 2.15. The molecule has 0 aromatic carbocycles. The minimum Gasteiger partial charge on any atom is -0.396 e. The van der Waals surface area contributed by atoms with E-state index in [4.69, 9.17) is 0 Å². The molecule has 1 fully saturated rings. The Morgan fingerprint density at radius 1 is 1.39 bits per heavy atom. The van der Waals surface area contributed by atoms with Crippen LogP contribution in [0.3, 0.4) is 0 Å². The van der Waals surface area contributed by atoms with Gasteiger partial charge in [-0.3, -0.25) is 0 Å². The van der Waals surface area contributed by atoms with E-state index in [0.717, 1.165) is 32.5 Å². The van der Waals surface area contributed by atoms with Crippen molar-refractivity contribution in [2.75, 3.05) is 38.5 Å². The first-order chi connectivity index (χ1) is 8.57. The average Bonchev–Trinajstić information content (AvgIpc) is 2.60. The van der Waals surface area contributed by atoms with Gasteiger partial charge in [0.15, 0.2) is 0 Å². The maximum absolute atomic E-state index is 11.2. The van der Waals surface area contributed by atoms with Gasteiger partial charge in [-0.25, -0.2) is 13.1 Å². The van der Waals surface area contributed by atoms with E-state index in [1.54, 1.807) is 6.92 Å². The summed E-state index contributed by atoms with van der Waals surface area (Å²) in [5.74, 6) is 0.531. The minimum absolute atomic E-state index is 0.142. The van der Waals surface area contributed by atoms with E-state index >= 15 is 0 Å². The van der Waals surface area contributed by atoms with Gasteiger partial charge in [-0.15, -0.1) is 0 Å². The molecule has 1 aliphatic heterocycles. The second-order valence-electron chi connectivity index (χ2n) is 5.00. The van der Waals surface area contributed by atoms with Crippen LogP contribution in [0.4, 0.5) is 0 Å². The fraction of sp³-hybridized carbons (Fsp3) is 1.00. The number of nitrogens with one attached hydrogen (secondary N) is 1. The molecule has 0 aromatic rings. The average molecular weight is 278 g/mol. The minimum atomic E-state index is -3.05. The van der Waals surface area contributed by atoms with Crippen LogP contribution in [0.1, 0.15) is 32.6 Å². The van der Waals surface area contributed by atoms with Crippen molar-refractivity contribution in [2.24, 2.45) is 5.92 Å². The molecule has 0 radical (unpaired) electrons. The molecule has 0 aromatic heterocycles. The number of likely N-dealkylation sites (tertiary alicyclic amines) is 1. The Morgan fingerprint density at radius 2 is 2.17 bits per heavy atom. The molecule has 1 atom stereocenters. The van der Waals surface area contributed by atoms with Crippen molar-refractivity contribution in [3.63, 3.8) is 0 Å². The molecule has 1 unspecified atom stereocenters. The Morgan fingerprint density at radius 3 is 2.83 bits per heavy atom. The topological polar surface area (TPSA) is 69.6 Å². The van der Waals surface area contributed by atoms with Gasteiger partial charge >= 0.3 is 0 Å². The van der Waals surface area contributed by atoms with Crippen LogP contribution in [0.2, 0.25) is 0 Å². The summed E-state index contributed by atoms with van der Waals surface area (Å²) in [5, 5.41) is 9.23. The molecule has 18 heavy (non-hydrogen) atoms. The van der Waals surface area contributed by atoms with Crippen LogP contribution in [0, 0.1) is 5.92 Å². The zero-order valence-corrected chi connectivity index (χ0v) is 12.1. The van der Waals surface area contributed by atoms with Crippen molar-refractivity contribution >= 4 is 10.0 Å². The Balaban J connectivity index is 2.21. The lowest BCUT2D eigenvalue weighted by Crippen LogP contribution is -2.33. The first-order valence-corrected chi connectivity index (χ1v) is 8.53. The van der Waals surface area contributed by atoms with E-state index in [1.165, 1.54) is 12.8 Å². The number of rotatable bonds is 7. The van der Waals surface area contributed by atoms with Crippen molar-refractivity contribution < 1.29 is 13.5 Å². The SMILES string of the molecule is CCS(=O)(=O)NCCCN1CCCCC(CO)C1. The van der Waals surface area contributed by atoms with Crippen LogP contribution in [0.25, 0.3) is 0 Å². The second kappa shape index (κ2) is 8.09. The molecular weight excluding hydrogens is 252 g/mol. The monoisotopic (exact) mass is 278 g/mol. The molecule has 2 N–H and O–H groups in total. The molecule has 1 rings (SSSR count). The summed E-state index contributed by atoms with van der Waals surface area (Å²) < 4.78 is 25.1. The van der Waals surface area contributed by atoms with Crippen molar-refractivity contribution in [3.8, 4) is 0 Å². The van der Waals surface area contributed by atoms with Crippen molar-refractivity contribution in [2.45, 2.75) is 32.6 Å². The van der Waals surface area contributed by atoms with Crippen LogP contribution in [0.15, 0.2) is 0 Å². The molecule has 6 heteroatoms. The van der Waals surface area contributed by atoms with E-state index in [9.17, 15) is 13.5 Å². The van der Waals surface area contributed by atoms with Crippen LogP contribution in [-0.4, -0.2) is 57.0 Å². The lowest BCUT2D eigenvalue weighted by Gasteiger charge is -2.23. The molecule has 0 saturated carbocycles. The molecular formula is C12H26N2O3S. The van der Waals surface area contributed by atoms with Crippen LogP contribution in [-0.2, 0) is 10.0 Å². The van der Waals surface area contributed by atoms with Crippen molar-refractivity contribution in [3.05, 3.63) is 0 Å². The van der Waals surface area contributed by atoms with Gasteiger partial charge in [0.05, 0.1) is 5.75 Å². The highest BCUT2D eigenvalue weighted by atomic mass is 32.2. The lowest BCUT2D eigenvalue weighted by atomic mass is 10.1. The smallest absolute Gasteiger partial charge is 0.211 e. The van der Waals surface area contributed by atoms with Gasteiger partial charge in [0.2, 0.25) is 10.0 Å². The van der Waals surface area contributed by atoms with E-state index in [-0.39, 0.29) is 12.4 Å². The number of aliphatic hydroxyl groups is 1. The van der Waals surface area contributed by atoms with Crippen LogP contribution < -0.4 is 4.72 Å². The highest BCUT2D eigenvalue weighted by molar-refractivity contribution is 7.89. The summed E-state index contributed by atoms with van der Waals surface area (Å²) in [6.45, 7) is 5.33. The third-order valence-corrected chi connectivity index (χ3v) is 4.87. The Hall–Kier alpha value is -0.170. The van der Waals surface area contributed by atoms with Gasteiger partial charge in [-0.1, -0.05) is 6.42 Å². The van der Waals surface area contributed by atoms with Gasteiger partial charge < -0.3 is 10.0 Å². The first-order valence-electron chi connectivity index (χ1n) is 6.88. The standard InChI is InChI=1S/C12H26N2O3S/c1-2-18(16,17)13-7-5-9-14-8-4-3-6-12(10-14)11-15/h12-13,15H,2-11H2,1H3. The quantitative estimate of drug-likeness (QED) is 0.662. The van der Waals surface area contributed by atoms with E-state index in [1.807, 2.05) is 0 Å². The maximum Gasteiger partial charge on any atom is 0.211 e. The summed E-state index contributed by atoms with van der Waals surface area (Å²) in [5.41, 5.74) is 0. The lowest BCUT2D eigenvalue weighted by molar-refractivity contribution is 0.172. The molecule has 108 valence electrons. The number of aliphatic hydroxyl groups excluding tert-OH is 1. The Bertz CT molecular complexity index is 319. The van der Waals surface area contributed by atoms with Gasteiger partial charge in [0.1, 0.15) is 0 Å². The number of hydrogen-bond acceptors (Lipinski definition) is 4. The number of hydrogen-bond donors (Lipinski definition) is 2. The van der Waals surface area contributed by atoms with E-state index in [2.05, 4.69) is 9.62 Å². The second-order valence-corrected chi connectivity index (χ2v) is 7.09. The summed E-state index contributed by atoms with van der Waals surface area (Å²) in [7, 11) is -3.05. The van der Waals surface area contributed by atoms with Gasteiger partial charge in [0.25, 0.3) is 0 Å². The van der Waals surface area contributed by atoms with Crippen LogP contribution >= 0.6 is 0 Å². The largest absolute Gasteiger partial charge is 0.396 e. The van der Waals surface area contributed by atoms with Gasteiger partial charge in [-0.05, 0) is 45.2 Å². The molecule has 0 aliphatic carbocycles. The van der Waals surface area contributed by atoms with E-state index in [0.29, 0.717) is 12.5 Å². The molecule has 0 amide bonds. The summed E-state index contributed by atoms with van der Waals surface area (Å²) >= 11 is 0. The predicted molar refractivity (Wildman–Crippen MR) is 72.9 cm³/mol. The molecule has 5 nitrogen and oxygen atoms in total. The Kier molecular flexibility index (Phi) is 7.14. The van der Waals surface area contributed by atoms with Gasteiger partial charge in [-0.2, -0.15) is 0 Å². The normalized spacial score (nSPS) is 22.9. The third kappa shape index (κ3) is 6.13. The van der Waals surface area contributed by atoms with Crippen molar-refractivity contribution in [1.29, 1.82) is 0 Å². The molecule has 1 saturated heterocycles. The fourth-order valence-electron chi connectivity index (χ4n) is 2.30. The summed E-state index contributed by atoms with van der Waals surface area (Å²) in [6.07, 6.45) is 4.30. The molecule has 0 bridgehead atoms. The fourth-order valence-corrected chi connectivity index (χ4v) is 2.96.